The Morgan fingerprint density at radius 1 is 0.833 bits per heavy atom. The van der Waals surface area contributed by atoms with Gasteiger partial charge in [0.25, 0.3) is 0 Å². The largest absolute Gasteiger partial charge is 0.493 e. The standard InChI is InChI=1S/C18H15NO5/c1-22-14-8-13(9-15(23-2)18(14)24-3)17(21)16(20)12-6-4-11(10-19)5-7-12/h4-9H,1-3H3. The molecule has 2 rings (SSSR count). The highest BCUT2D eigenvalue weighted by molar-refractivity contribution is 6.49. The summed E-state index contributed by atoms with van der Waals surface area (Å²) in [6.45, 7) is 0. The summed E-state index contributed by atoms with van der Waals surface area (Å²) in [7, 11) is 4.30. The Balaban J connectivity index is 2.41. The van der Waals surface area contributed by atoms with Gasteiger partial charge in [-0.25, -0.2) is 0 Å². The van der Waals surface area contributed by atoms with Crippen LogP contribution in [0.1, 0.15) is 26.3 Å². The summed E-state index contributed by atoms with van der Waals surface area (Å²) in [5.74, 6) is -0.490. The third kappa shape index (κ3) is 3.20. The molecule has 2 aromatic rings. The van der Waals surface area contributed by atoms with Crippen molar-refractivity contribution in [1.29, 1.82) is 5.26 Å². The van der Waals surface area contributed by atoms with Crippen molar-refractivity contribution < 1.29 is 23.8 Å². The molecule has 6 nitrogen and oxygen atoms in total. The lowest BCUT2D eigenvalue weighted by Crippen LogP contribution is -2.15. The molecule has 0 spiro atoms. The fourth-order valence-electron chi connectivity index (χ4n) is 2.17. The fraction of sp³-hybridized carbons (Fsp3) is 0.167. The number of nitriles is 1. The van der Waals surface area contributed by atoms with E-state index in [9.17, 15) is 9.59 Å². The number of nitrogens with zero attached hydrogens (tertiary/aromatic N) is 1. The Bertz CT molecular complexity index is 793. The third-order valence-electron chi connectivity index (χ3n) is 3.41. The number of ether oxygens (including phenoxy) is 3. The van der Waals surface area contributed by atoms with Crippen molar-refractivity contribution in [1.82, 2.24) is 0 Å². The van der Waals surface area contributed by atoms with Gasteiger partial charge in [0.2, 0.25) is 17.3 Å². The molecule has 2 aromatic carbocycles. The number of hydrogen-bond donors (Lipinski definition) is 0. The van der Waals surface area contributed by atoms with Crippen molar-refractivity contribution in [3.05, 3.63) is 53.1 Å². The lowest BCUT2D eigenvalue weighted by atomic mass is 10.00. The van der Waals surface area contributed by atoms with Gasteiger partial charge in [-0.05, 0) is 36.4 Å². The molecular weight excluding hydrogens is 310 g/mol. The normalized spacial score (nSPS) is 9.75. The molecule has 0 radical (unpaired) electrons. The fourth-order valence-corrected chi connectivity index (χ4v) is 2.17. The van der Waals surface area contributed by atoms with Crippen LogP contribution in [0.4, 0.5) is 0 Å². The highest BCUT2D eigenvalue weighted by atomic mass is 16.5. The maximum Gasteiger partial charge on any atom is 0.233 e. The maximum absolute atomic E-state index is 12.5. The van der Waals surface area contributed by atoms with E-state index in [4.69, 9.17) is 19.5 Å². The zero-order valence-corrected chi connectivity index (χ0v) is 13.5. The third-order valence-corrected chi connectivity index (χ3v) is 3.41. The monoisotopic (exact) mass is 325 g/mol. The number of rotatable bonds is 6. The second kappa shape index (κ2) is 7.29. The van der Waals surface area contributed by atoms with Gasteiger partial charge < -0.3 is 14.2 Å². The first-order chi connectivity index (χ1) is 11.5. The van der Waals surface area contributed by atoms with Crippen LogP contribution in [0.15, 0.2) is 36.4 Å². The van der Waals surface area contributed by atoms with E-state index < -0.39 is 11.6 Å². The van der Waals surface area contributed by atoms with Crippen LogP contribution in [0, 0.1) is 11.3 Å². The molecule has 0 heterocycles. The van der Waals surface area contributed by atoms with Crippen molar-refractivity contribution in [3.63, 3.8) is 0 Å². The summed E-state index contributed by atoms with van der Waals surface area (Å²) in [4.78, 5) is 24.8. The van der Waals surface area contributed by atoms with Gasteiger partial charge in [0.15, 0.2) is 11.5 Å². The second-order valence-electron chi connectivity index (χ2n) is 4.76. The lowest BCUT2D eigenvalue weighted by molar-refractivity contribution is 0.0816. The molecule has 0 atom stereocenters. The van der Waals surface area contributed by atoms with Gasteiger partial charge in [0.05, 0.1) is 33.0 Å². The van der Waals surface area contributed by atoms with Crippen molar-refractivity contribution in [2.75, 3.05) is 21.3 Å². The van der Waals surface area contributed by atoms with E-state index in [2.05, 4.69) is 0 Å². The molecule has 0 aliphatic carbocycles. The van der Waals surface area contributed by atoms with Crippen LogP contribution >= 0.6 is 0 Å². The zero-order chi connectivity index (χ0) is 17.7. The van der Waals surface area contributed by atoms with E-state index >= 15 is 0 Å². The smallest absolute Gasteiger partial charge is 0.233 e. The molecule has 122 valence electrons. The molecule has 24 heavy (non-hydrogen) atoms. The molecular formula is C18H15NO5. The summed E-state index contributed by atoms with van der Waals surface area (Å²) in [5, 5.41) is 8.78. The molecule has 0 saturated carbocycles. The minimum Gasteiger partial charge on any atom is -0.493 e. The van der Waals surface area contributed by atoms with Gasteiger partial charge in [-0.15, -0.1) is 0 Å². The van der Waals surface area contributed by atoms with Crippen molar-refractivity contribution >= 4 is 11.6 Å². The summed E-state index contributed by atoms with van der Waals surface area (Å²) < 4.78 is 15.5. The van der Waals surface area contributed by atoms with Crippen LogP contribution in [-0.4, -0.2) is 32.9 Å². The van der Waals surface area contributed by atoms with E-state index in [0.717, 1.165) is 0 Å². The lowest BCUT2D eigenvalue weighted by Gasteiger charge is -2.13. The molecule has 6 heteroatoms. The number of carbonyl (C=O) groups excluding carboxylic acids is 2. The SMILES string of the molecule is COc1cc(C(=O)C(=O)c2ccc(C#N)cc2)cc(OC)c1OC. The number of Topliss-reactive ketones (excluding diaryl/α,β-unsaturated/α-hetero) is 2. The van der Waals surface area contributed by atoms with Gasteiger partial charge in [0.1, 0.15) is 0 Å². The van der Waals surface area contributed by atoms with E-state index in [1.807, 2.05) is 6.07 Å². The van der Waals surface area contributed by atoms with Crippen molar-refractivity contribution in [2.45, 2.75) is 0 Å². The van der Waals surface area contributed by atoms with Crippen LogP contribution in [-0.2, 0) is 0 Å². The number of hydrogen-bond acceptors (Lipinski definition) is 6. The molecule has 0 bridgehead atoms. The number of benzene rings is 2. The van der Waals surface area contributed by atoms with Gasteiger partial charge in [-0.1, -0.05) is 0 Å². The summed E-state index contributed by atoms with van der Waals surface area (Å²) in [6, 6.07) is 10.6. The summed E-state index contributed by atoms with van der Waals surface area (Å²) >= 11 is 0. The van der Waals surface area contributed by atoms with Gasteiger partial charge >= 0.3 is 0 Å². The van der Waals surface area contributed by atoms with Crippen LogP contribution in [0.3, 0.4) is 0 Å². The molecule has 0 saturated heterocycles. The molecule has 0 N–H and O–H groups in total. The molecule has 0 unspecified atom stereocenters. The summed E-state index contributed by atoms with van der Waals surface area (Å²) in [5.41, 5.74) is 0.735. The van der Waals surface area contributed by atoms with E-state index in [1.54, 1.807) is 0 Å². The quantitative estimate of drug-likeness (QED) is 0.599. The molecule has 0 fully saturated rings. The molecule has 0 aromatic heterocycles. The predicted octanol–water partition coefficient (Wildman–Crippen LogP) is 2.65. The average molecular weight is 325 g/mol. The van der Waals surface area contributed by atoms with Gasteiger partial charge in [-0.2, -0.15) is 5.26 Å². The highest BCUT2D eigenvalue weighted by Crippen LogP contribution is 2.38. The minimum atomic E-state index is -0.709. The van der Waals surface area contributed by atoms with Crippen LogP contribution in [0.5, 0.6) is 17.2 Å². The first-order valence-corrected chi connectivity index (χ1v) is 6.95. The minimum absolute atomic E-state index is 0.124. The highest BCUT2D eigenvalue weighted by Gasteiger charge is 2.22. The Hall–Kier alpha value is -3.33. The van der Waals surface area contributed by atoms with Crippen LogP contribution in [0.25, 0.3) is 0 Å². The van der Waals surface area contributed by atoms with Crippen molar-refractivity contribution in [2.24, 2.45) is 0 Å². The molecule has 0 aliphatic heterocycles. The zero-order valence-electron chi connectivity index (χ0n) is 13.5. The molecule has 0 aliphatic rings. The number of methoxy groups -OCH3 is 3. The second-order valence-corrected chi connectivity index (χ2v) is 4.76. The van der Waals surface area contributed by atoms with E-state index in [1.165, 1.54) is 57.7 Å². The topological polar surface area (TPSA) is 85.6 Å². The van der Waals surface area contributed by atoms with Crippen LogP contribution < -0.4 is 14.2 Å². The predicted molar refractivity (Wildman–Crippen MR) is 85.9 cm³/mol. The average Bonchev–Trinajstić information content (AvgIpc) is 2.65. The number of ketones is 2. The Morgan fingerprint density at radius 3 is 1.75 bits per heavy atom. The first kappa shape index (κ1) is 17.0. The maximum atomic E-state index is 12.5. The number of carbonyl (C=O) groups is 2. The van der Waals surface area contributed by atoms with Gasteiger partial charge in [0, 0.05) is 11.1 Å². The van der Waals surface area contributed by atoms with Crippen LogP contribution in [0.2, 0.25) is 0 Å². The van der Waals surface area contributed by atoms with Crippen molar-refractivity contribution in [3.8, 4) is 23.3 Å². The Morgan fingerprint density at radius 2 is 1.33 bits per heavy atom. The Kier molecular flexibility index (Phi) is 5.17. The van der Waals surface area contributed by atoms with E-state index in [-0.39, 0.29) is 22.6 Å². The summed E-state index contributed by atoms with van der Waals surface area (Å²) in [6.07, 6.45) is 0. The van der Waals surface area contributed by atoms with Gasteiger partial charge in [-0.3, -0.25) is 9.59 Å². The van der Waals surface area contributed by atoms with E-state index in [0.29, 0.717) is 11.3 Å². The molecule has 0 amide bonds. The Labute approximate surface area is 139 Å². The first-order valence-electron chi connectivity index (χ1n) is 6.95.